The summed E-state index contributed by atoms with van der Waals surface area (Å²) < 4.78 is 2.18. The standard InChI is InChI=1S/C16H20N2O2S/c1-16(2,3)14-11(8-9-13(19)20)18-10-6-4-5-7-12(10)21-15(18)17-14/h8-9H,4-7H2,1-3H3,(H,19,20)/b9-8+. The van der Waals surface area contributed by atoms with Gasteiger partial charge >= 0.3 is 5.97 Å². The van der Waals surface area contributed by atoms with Crippen LogP contribution >= 0.6 is 11.3 Å². The Hall–Kier alpha value is -1.62. The largest absolute Gasteiger partial charge is 0.478 e. The molecule has 0 aliphatic heterocycles. The van der Waals surface area contributed by atoms with Crippen molar-refractivity contribution in [2.45, 2.75) is 51.9 Å². The maximum atomic E-state index is 10.9. The van der Waals surface area contributed by atoms with Crippen LogP contribution in [0, 0.1) is 0 Å². The fraction of sp³-hybridized carbons (Fsp3) is 0.500. The first kappa shape index (κ1) is 14.3. The lowest BCUT2D eigenvalue weighted by Crippen LogP contribution is -2.14. The fourth-order valence-electron chi connectivity index (χ4n) is 2.92. The van der Waals surface area contributed by atoms with Gasteiger partial charge in [-0.2, -0.15) is 0 Å². The van der Waals surface area contributed by atoms with Crippen molar-refractivity contribution < 1.29 is 9.90 Å². The zero-order chi connectivity index (χ0) is 15.2. The van der Waals surface area contributed by atoms with E-state index in [1.165, 1.54) is 29.5 Å². The average Bonchev–Trinajstić information content (AvgIpc) is 2.91. The molecular weight excluding hydrogens is 284 g/mol. The van der Waals surface area contributed by atoms with Crippen LogP contribution in [0.15, 0.2) is 6.08 Å². The molecule has 0 saturated heterocycles. The van der Waals surface area contributed by atoms with Crippen molar-refractivity contribution in [1.82, 2.24) is 9.38 Å². The van der Waals surface area contributed by atoms with Gasteiger partial charge in [0.2, 0.25) is 0 Å². The first-order valence-electron chi connectivity index (χ1n) is 7.32. The third-order valence-corrected chi connectivity index (χ3v) is 4.99. The van der Waals surface area contributed by atoms with E-state index in [0.29, 0.717) is 0 Å². The van der Waals surface area contributed by atoms with E-state index in [1.54, 1.807) is 17.4 Å². The Labute approximate surface area is 128 Å². The molecule has 0 radical (unpaired) electrons. The number of fused-ring (bicyclic) bond motifs is 3. The van der Waals surface area contributed by atoms with Crippen LogP contribution in [-0.4, -0.2) is 20.5 Å². The van der Waals surface area contributed by atoms with Gasteiger partial charge < -0.3 is 5.11 Å². The van der Waals surface area contributed by atoms with Gasteiger partial charge in [0.25, 0.3) is 0 Å². The molecule has 21 heavy (non-hydrogen) atoms. The van der Waals surface area contributed by atoms with Crippen LogP contribution in [0.2, 0.25) is 0 Å². The number of aliphatic carboxylic acids is 1. The van der Waals surface area contributed by atoms with E-state index < -0.39 is 5.97 Å². The van der Waals surface area contributed by atoms with Crippen molar-refractivity contribution in [1.29, 1.82) is 0 Å². The highest BCUT2D eigenvalue weighted by Crippen LogP contribution is 2.35. The molecule has 2 aromatic rings. The quantitative estimate of drug-likeness (QED) is 0.861. The minimum Gasteiger partial charge on any atom is -0.478 e. The lowest BCUT2D eigenvalue weighted by Gasteiger charge is -2.18. The highest BCUT2D eigenvalue weighted by molar-refractivity contribution is 7.17. The maximum absolute atomic E-state index is 10.9. The van der Waals surface area contributed by atoms with Gasteiger partial charge in [-0.1, -0.05) is 20.8 Å². The topological polar surface area (TPSA) is 54.6 Å². The Morgan fingerprint density at radius 2 is 2.05 bits per heavy atom. The minimum absolute atomic E-state index is 0.106. The molecule has 5 heteroatoms. The summed E-state index contributed by atoms with van der Waals surface area (Å²) in [6, 6.07) is 0. The number of carboxylic acids is 1. The third kappa shape index (κ3) is 2.50. The molecule has 0 unspecified atom stereocenters. The van der Waals surface area contributed by atoms with E-state index >= 15 is 0 Å². The number of imidazole rings is 1. The number of carboxylic acid groups (broad SMARTS) is 1. The SMILES string of the molecule is CC(C)(C)c1nc2sc3c(n2c1/C=C/C(=O)O)CCCC3. The zero-order valence-electron chi connectivity index (χ0n) is 12.6. The van der Waals surface area contributed by atoms with Gasteiger partial charge in [-0.25, -0.2) is 9.78 Å². The Morgan fingerprint density at radius 3 is 2.71 bits per heavy atom. The molecule has 112 valence electrons. The van der Waals surface area contributed by atoms with Crippen molar-refractivity contribution >= 4 is 28.3 Å². The van der Waals surface area contributed by atoms with Gasteiger partial charge in [0, 0.05) is 22.1 Å². The Balaban J connectivity index is 2.26. The van der Waals surface area contributed by atoms with Crippen molar-refractivity contribution in [3.63, 3.8) is 0 Å². The van der Waals surface area contributed by atoms with Gasteiger partial charge in [0.1, 0.15) is 0 Å². The molecule has 0 fully saturated rings. The molecule has 4 nitrogen and oxygen atoms in total. The third-order valence-electron chi connectivity index (χ3n) is 3.85. The highest BCUT2D eigenvalue weighted by Gasteiger charge is 2.27. The number of thiazole rings is 1. The predicted molar refractivity (Wildman–Crippen MR) is 85.1 cm³/mol. The molecule has 1 aliphatic rings. The summed E-state index contributed by atoms with van der Waals surface area (Å²) in [7, 11) is 0. The van der Waals surface area contributed by atoms with E-state index in [9.17, 15) is 4.79 Å². The fourth-order valence-corrected chi connectivity index (χ4v) is 4.13. The number of carbonyl (C=O) groups is 1. The molecule has 0 atom stereocenters. The van der Waals surface area contributed by atoms with Crippen LogP contribution in [0.3, 0.4) is 0 Å². The lowest BCUT2D eigenvalue weighted by molar-refractivity contribution is -0.131. The zero-order valence-corrected chi connectivity index (χ0v) is 13.5. The predicted octanol–water partition coefficient (Wildman–Crippen LogP) is 3.67. The van der Waals surface area contributed by atoms with E-state index in [4.69, 9.17) is 10.1 Å². The number of aryl methyl sites for hydroxylation is 2. The molecule has 0 bridgehead atoms. The van der Waals surface area contributed by atoms with E-state index in [-0.39, 0.29) is 5.41 Å². The van der Waals surface area contributed by atoms with Gasteiger partial charge in [0.05, 0.1) is 11.4 Å². The van der Waals surface area contributed by atoms with Crippen LogP contribution in [0.4, 0.5) is 0 Å². The molecule has 0 aromatic carbocycles. The maximum Gasteiger partial charge on any atom is 0.328 e. The number of aromatic nitrogens is 2. The van der Waals surface area contributed by atoms with Crippen LogP contribution in [0.5, 0.6) is 0 Å². The second kappa shape index (κ2) is 4.98. The monoisotopic (exact) mass is 304 g/mol. The number of rotatable bonds is 2. The summed E-state index contributed by atoms with van der Waals surface area (Å²) in [4.78, 5) is 18.1. The number of hydrogen-bond donors (Lipinski definition) is 1. The van der Waals surface area contributed by atoms with Gasteiger partial charge in [-0.05, 0) is 31.8 Å². The van der Waals surface area contributed by atoms with Crippen LogP contribution in [-0.2, 0) is 23.1 Å². The first-order valence-corrected chi connectivity index (χ1v) is 8.14. The number of nitrogens with zero attached hydrogens (tertiary/aromatic N) is 2. The molecule has 1 aliphatic carbocycles. The van der Waals surface area contributed by atoms with Crippen molar-refractivity contribution in [3.05, 3.63) is 28.0 Å². The van der Waals surface area contributed by atoms with E-state index in [2.05, 4.69) is 25.2 Å². The normalized spacial score (nSPS) is 15.8. The van der Waals surface area contributed by atoms with Crippen LogP contribution in [0.1, 0.15) is 55.6 Å². The molecule has 0 saturated carbocycles. The van der Waals surface area contributed by atoms with E-state index in [1.807, 2.05) is 0 Å². The average molecular weight is 304 g/mol. The van der Waals surface area contributed by atoms with Crippen LogP contribution in [0.25, 0.3) is 11.0 Å². The van der Waals surface area contributed by atoms with Crippen molar-refractivity contribution in [2.24, 2.45) is 0 Å². The highest BCUT2D eigenvalue weighted by atomic mass is 32.1. The molecule has 1 N–H and O–H groups in total. The molecule has 2 heterocycles. The first-order chi connectivity index (χ1) is 9.88. The summed E-state index contributed by atoms with van der Waals surface area (Å²) in [5.74, 6) is -0.922. The number of hydrogen-bond acceptors (Lipinski definition) is 3. The second-order valence-electron chi connectivity index (χ2n) is 6.56. The summed E-state index contributed by atoms with van der Waals surface area (Å²) in [6.07, 6.45) is 7.53. The van der Waals surface area contributed by atoms with Crippen LogP contribution < -0.4 is 0 Å². The summed E-state index contributed by atoms with van der Waals surface area (Å²) in [5.41, 5.74) is 3.12. The second-order valence-corrected chi connectivity index (χ2v) is 7.63. The molecular formula is C16H20N2O2S. The van der Waals surface area contributed by atoms with Gasteiger partial charge in [-0.15, -0.1) is 11.3 Å². The molecule has 0 amide bonds. The Kier molecular flexibility index (Phi) is 3.40. The lowest BCUT2D eigenvalue weighted by atomic mass is 9.90. The Bertz CT molecular complexity index is 732. The van der Waals surface area contributed by atoms with Gasteiger partial charge in [0.15, 0.2) is 4.96 Å². The summed E-state index contributed by atoms with van der Waals surface area (Å²) >= 11 is 1.76. The Morgan fingerprint density at radius 1 is 1.33 bits per heavy atom. The van der Waals surface area contributed by atoms with E-state index in [0.717, 1.165) is 29.2 Å². The molecule has 0 spiro atoms. The molecule has 3 rings (SSSR count). The van der Waals surface area contributed by atoms with Gasteiger partial charge in [-0.3, -0.25) is 4.40 Å². The summed E-state index contributed by atoms with van der Waals surface area (Å²) in [5, 5.41) is 8.95. The summed E-state index contributed by atoms with van der Waals surface area (Å²) in [6.45, 7) is 6.35. The molecule has 2 aromatic heterocycles. The smallest absolute Gasteiger partial charge is 0.328 e. The van der Waals surface area contributed by atoms with Crippen molar-refractivity contribution in [3.8, 4) is 0 Å². The minimum atomic E-state index is -0.922. The van der Waals surface area contributed by atoms with Crippen molar-refractivity contribution in [2.75, 3.05) is 0 Å².